The van der Waals surface area contributed by atoms with Crippen molar-refractivity contribution < 1.29 is 18.9 Å². The van der Waals surface area contributed by atoms with Crippen molar-refractivity contribution in [3.63, 3.8) is 0 Å². The number of aryl methyl sites for hydroxylation is 2. The first-order valence-corrected chi connectivity index (χ1v) is 8.76. The zero-order valence-electron chi connectivity index (χ0n) is 13.6. The van der Waals surface area contributed by atoms with E-state index in [0.717, 1.165) is 6.42 Å². The van der Waals surface area contributed by atoms with Crippen LogP contribution in [0.4, 0.5) is 0 Å². The normalized spacial score (nSPS) is 10.3. The van der Waals surface area contributed by atoms with Crippen LogP contribution in [0.15, 0.2) is 16.6 Å². The minimum absolute atomic E-state index is 0. The van der Waals surface area contributed by atoms with Crippen molar-refractivity contribution in [3.8, 4) is 0 Å². The molecule has 0 spiro atoms. The smallest absolute Gasteiger partial charge is 0.179 e. The molecule has 1 aromatic carbocycles. The molecule has 0 aliphatic rings. The number of halogens is 1. The van der Waals surface area contributed by atoms with Crippen molar-refractivity contribution in [3.05, 3.63) is 33.8 Å². The fourth-order valence-corrected chi connectivity index (χ4v) is 2.97. The number of benzene rings is 1. The summed E-state index contributed by atoms with van der Waals surface area (Å²) in [7, 11) is 0. The fraction of sp³-hybridized carbons (Fsp3) is 0.667. The molecular weight excluding hydrogens is 303 g/mol. The number of unbranched alkanes of at least 4 members (excludes halogenated alkanes) is 6. The van der Waals surface area contributed by atoms with E-state index in [0.29, 0.717) is 0 Å². The summed E-state index contributed by atoms with van der Waals surface area (Å²) in [5, 5.41) is 0. The monoisotopic (exact) mass is 330 g/mol. The minimum Gasteiger partial charge on any atom is -0.179 e. The molecule has 20 heavy (non-hydrogen) atoms. The van der Waals surface area contributed by atoms with Crippen LogP contribution in [0.3, 0.4) is 0 Å². The second-order valence-corrected chi connectivity index (χ2v) is 6.31. The van der Waals surface area contributed by atoms with Crippen molar-refractivity contribution in [2.24, 2.45) is 0 Å². The number of hydrogen-bond donors (Lipinski definition) is 0. The molecule has 0 heterocycles. The molecule has 1 rings (SSSR count). The first-order chi connectivity index (χ1) is 9.27. The van der Waals surface area contributed by atoms with E-state index in [9.17, 15) is 0 Å². The molecule has 0 aromatic heterocycles. The molecular formula is C18H28BrLi. The van der Waals surface area contributed by atoms with E-state index in [1.807, 2.05) is 0 Å². The molecule has 0 unspecified atom stereocenters. The Balaban J connectivity index is 0.00000361. The second kappa shape index (κ2) is 13.0. The summed E-state index contributed by atoms with van der Waals surface area (Å²) in [5.41, 5.74) is 2.79. The van der Waals surface area contributed by atoms with Gasteiger partial charge < -0.3 is 0 Å². The van der Waals surface area contributed by atoms with Crippen LogP contribution in [0.2, 0.25) is 0 Å². The van der Waals surface area contributed by atoms with Crippen molar-refractivity contribution in [2.75, 3.05) is 0 Å². The maximum absolute atomic E-state index is 3.71. The van der Waals surface area contributed by atoms with E-state index >= 15 is 0 Å². The van der Waals surface area contributed by atoms with Crippen molar-refractivity contribution >= 4 is 15.9 Å². The van der Waals surface area contributed by atoms with E-state index in [-0.39, 0.29) is 18.9 Å². The van der Waals surface area contributed by atoms with Gasteiger partial charge in [-0.2, -0.15) is 23.8 Å². The van der Waals surface area contributed by atoms with E-state index in [1.165, 1.54) is 73.4 Å². The predicted molar refractivity (Wildman–Crippen MR) is 88.7 cm³/mol. The van der Waals surface area contributed by atoms with Crippen LogP contribution in [0.1, 0.15) is 76.3 Å². The third-order valence-corrected chi connectivity index (χ3v) is 4.34. The maximum Gasteiger partial charge on any atom is 1.00 e. The van der Waals surface area contributed by atoms with Gasteiger partial charge in [0, 0.05) is 0 Å². The first kappa shape index (κ1) is 20.3. The minimum atomic E-state index is 0. The molecule has 0 saturated heterocycles. The maximum atomic E-state index is 3.71. The quantitative estimate of drug-likeness (QED) is 0.350. The molecule has 2 heteroatoms. The summed E-state index contributed by atoms with van der Waals surface area (Å²) in [6.07, 6.45) is 13.0. The average molecular weight is 331 g/mol. The largest absolute Gasteiger partial charge is 1.00 e. The van der Waals surface area contributed by atoms with E-state index in [1.54, 1.807) is 0 Å². The van der Waals surface area contributed by atoms with Gasteiger partial charge in [-0.05, 0) is 6.42 Å². The van der Waals surface area contributed by atoms with Crippen molar-refractivity contribution in [2.45, 2.75) is 78.1 Å². The van der Waals surface area contributed by atoms with Gasteiger partial charge in [-0.25, -0.2) is 0 Å². The molecule has 0 amide bonds. The Morgan fingerprint density at radius 3 is 2.05 bits per heavy atom. The topological polar surface area (TPSA) is 0 Å². The van der Waals surface area contributed by atoms with Gasteiger partial charge in [-0.1, -0.05) is 76.1 Å². The van der Waals surface area contributed by atoms with Gasteiger partial charge in [0.25, 0.3) is 0 Å². The van der Waals surface area contributed by atoms with Gasteiger partial charge in [0.05, 0.1) is 0 Å². The summed E-state index contributed by atoms with van der Waals surface area (Å²) in [6.45, 7) is 4.52. The van der Waals surface area contributed by atoms with Crippen LogP contribution in [-0.2, 0) is 12.8 Å². The Labute approximate surface area is 146 Å². The fourth-order valence-electron chi connectivity index (χ4n) is 2.36. The molecule has 0 radical (unpaired) electrons. The summed E-state index contributed by atoms with van der Waals surface area (Å²) in [4.78, 5) is 0. The number of rotatable bonds is 10. The predicted octanol–water partition coefficient (Wildman–Crippen LogP) is 3.50. The summed E-state index contributed by atoms with van der Waals surface area (Å²) in [5.74, 6) is 0. The molecule has 108 valence electrons. The molecule has 0 nitrogen and oxygen atoms in total. The average Bonchev–Trinajstić information content (AvgIpc) is 2.42. The SMILES string of the molecule is CCCCCCc1c[c-]c(CCCCCC)c(Br)c1.[Li+]. The molecule has 0 aliphatic heterocycles. The molecule has 0 fully saturated rings. The van der Waals surface area contributed by atoms with E-state index in [4.69, 9.17) is 0 Å². The van der Waals surface area contributed by atoms with Gasteiger partial charge >= 0.3 is 18.9 Å². The van der Waals surface area contributed by atoms with Crippen LogP contribution in [0.5, 0.6) is 0 Å². The summed E-state index contributed by atoms with van der Waals surface area (Å²) >= 11 is 3.71. The Morgan fingerprint density at radius 1 is 0.900 bits per heavy atom. The van der Waals surface area contributed by atoms with Gasteiger partial charge in [0.2, 0.25) is 0 Å². The zero-order valence-corrected chi connectivity index (χ0v) is 15.2. The Hall–Kier alpha value is 0.297. The Bertz CT molecular complexity index is 349. The second-order valence-electron chi connectivity index (χ2n) is 5.46. The first-order valence-electron chi connectivity index (χ1n) is 7.97. The standard InChI is InChI=1S/C18H28Br.Li/c1-3-5-7-9-11-16-13-14-17(18(19)15-16)12-10-8-6-4-2;/h13,15H,3-12H2,1-2H3;/q-1;+1. The number of hydrogen-bond acceptors (Lipinski definition) is 0. The third-order valence-electron chi connectivity index (χ3n) is 3.63. The molecule has 0 bridgehead atoms. The molecule has 0 atom stereocenters. The third kappa shape index (κ3) is 8.55. The summed E-state index contributed by atoms with van der Waals surface area (Å²) < 4.78 is 1.26. The Kier molecular flexibility index (Phi) is 13.2. The van der Waals surface area contributed by atoms with E-state index < -0.39 is 0 Å². The van der Waals surface area contributed by atoms with Gasteiger partial charge in [-0.15, -0.1) is 21.5 Å². The summed E-state index contributed by atoms with van der Waals surface area (Å²) in [6, 6.07) is 7.98. The van der Waals surface area contributed by atoms with Crippen LogP contribution in [-0.4, -0.2) is 0 Å². The van der Waals surface area contributed by atoms with Gasteiger partial charge in [-0.3, -0.25) is 0 Å². The zero-order chi connectivity index (χ0) is 13.9. The van der Waals surface area contributed by atoms with Crippen molar-refractivity contribution in [1.29, 1.82) is 0 Å². The van der Waals surface area contributed by atoms with Gasteiger partial charge in [0.15, 0.2) is 0 Å². The van der Waals surface area contributed by atoms with Crippen LogP contribution >= 0.6 is 15.9 Å². The van der Waals surface area contributed by atoms with Crippen LogP contribution in [0, 0.1) is 6.07 Å². The Morgan fingerprint density at radius 2 is 1.50 bits per heavy atom. The van der Waals surface area contributed by atoms with Crippen LogP contribution < -0.4 is 18.9 Å². The molecule has 1 aromatic rings. The van der Waals surface area contributed by atoms with Crippen molar-refractivity contribution in [1.82, 2.24) is 0 Å². The molecule has 0 saturated carbocycles. The van der Waals surface area contributed by atoms with Crippen LogP contribution in [0.25, 0.3) is 0 Å². The van der Waals surface area contributed by atoms with Gasteiger partial charge in [0.1, 0.15) is 0 Å². The molecule has 0 N–H and O–H groups in total. The van der Waals surface area contributed by atoms with E-state index in [2.05, 4.69) is 48.0 Å². The molecule has 0 aliphatic carbocycles.